The van der Waals surface area contributed by atoms with Crippen LogP contribution < -0.4 is 0 Å². The van der Waals surface area contributed by atoms with E-state index in [0.29, 0.717) is 12.4 Å². The van der Waals surface area contributed by atoms with Gasteiger partial charge in [0.25, 0.3) is 0 Å². The molecule has 0 fully saturated rings. The zero-order valence-electron chi connectivity index (χ0n) is 5.06. The molecule has 0 aliphatic carbocycles. The molecule has 10 heavy (non-hydrogen) atoms. The Labute approximate surface area is 80.4 Å². The van der Waals surface area contributed by atoms with E-state index in [2.05, 4.69) is 22.4 Å². The van der Waals surface area contributed by atoms with Gasteiger partial charge in [0, 0.05) is 5.88 Å². The number of aliphatic imine (C=N–C) groups is 1. The Kier molecular flexibility index (Phi) is 6.81. The number of halogens is 3. The minimum absolute atomic E-state index is 0.254. The van der Waals surface area contributed by atoms with Crippen molar-refractivity contribution in [1.29, 1.82) is 0 Å². The van der Waals surface area contributed by atoms with Crippen LogP contribution in [0.4, 0.5) is 0 Å². The van der Waals surface area contributed by atoms with E-state index in [1.54, 1.807) is 0 Å². The second kappa shape index (κ2) is 6.38. The SMILES string of the molecule is S=C=NCC(Cl)C(Cl)CCl. The molecule has 0 radical (unpaired) electrons. The van der Waals surface area contributed by atoms with Crippen molar-refractivity contribution >= 4 is 52.2 Å². The van der Waals surface area contributed by atoms with Crippen molar-refractivity contribution in [3.63, 3.8) is 0 Å². The quantitative estimate of drug-likeness (QED) is 0.401. The molecule has 0 aliphatic rings. The molecule has 0 aliphatic heterocycles. The van der Waals surface area contributed by atoms with Crippen LogP contribution in [-0.4, -0.2) is 28.3 Å². The lowest BCUT2D eigenvalue weighted by Crippen LogP contribution is -2.19. The van der Waals surface area contributed by atoms with E-state index in [1.807, 2.05) is 0 Å². The molecule has 2 atom stereocenters. The molecule has 0 bridgehead atoms. The number of nitrogens with zero attached hydrogens (tertiary/aromatic N) is 1. The van der Waals surface area contributed by atoms with Crippen LogP contribution in [0.2, 0.25) is 0 Å². The number of hydrogen-bond donors (Lipinski definition) is 0. The first-order valence-electron chi connectivity index (χ1n) is 2.60. The van der Waals surface area contributed by atoms with Gasteiger partial charge < -0.3 is 0 Å². The van der Waals surface area contributed by atoms with Gasteiger partial charge in [-0.3, -0.25) is 0 Å². The second-order valence-corrected chi connectivity index (χ2v) is 3.23. The summed E-state index contributed by atoms with van der Waals surface area (Å²) in [6.45, 7) is 0.381. The Morgan fingerprint density at radius 3 is 2.40 bits per heavy atom. The maximum absolute atomic E-state index is 5.71. The molecule has 0 rings (SSSR count). The molecule has 0 N–H and O–H groups in total. The summed E-state index contributed by atoms with van der Waals surface area (Å²) < 4.78 is 0. The maximum atomic E-state index is 5.71. The molecule has 0 aromatic carbocycles. The summed E-state index contributed by atoms with van der Waals surface area (Å²) in [5, 5.41) is 1.69. The predicted octanol–water partition coefficient (Wildman–Crippen LogP) is 2.54. The van der Waals surface area contributed by atoms with E-state index in [-0.39, 0.29) is 10.8 Å². The lowest BCUT2D eigenvalue weighted by atomic mass is 10.3. The third kappa shape index (κ3) is 4.48. The van der Waals surface area contributed by atoms with Gasteiger partial charge in [-0.2, -0.15) is 0 Å². The molecule has 1 nitrogen and oxygen atoms in total. The van der Waals surface area contributed by atoms with Gasteiger partial charge in [0.2, 0.25) is 0 Å². The molecule has 0 heterocycles. The predicted molar refractivity (Wildman–Crippen MR) is 49.9 cm³/mol. The molecular formula is C5H6Cl3NS. The Morgan fingerprint density at radius 2 is 2.00 bits per heavy atom. The third-order valence-electron chi connectivity index (χ3n) is 0.870. The van der Waals surface area contributed by atoms with Crippen molar-refractivity contribution in [2.24, 2.45) is 4.99 Å². The molecule has 0 saturated carbocycles. The van der Waals surface area contributed by atoms with Crippen molar-refractivity contribution in [2.45, 2.75) is 10.8 Å². The van der Waals surface area contributed by atoms with Crippen LogP contribution in [0.15, 0.2) is 4.99 Å². The largest absolute Gasteiger partial charge is 0.231 e. The maximum Gasteiger partial charge on any atom is 0.0714 e. The normalized spacial score (nSPS) is 15.5. The summed E-state index contributed by atoms with van der Waals surface area (Å²) in [4.78, 5) is 3.63. The Hall–Kier alpha value is 0.670. The van der Waals surface area contributed by atoms with Crippen LogP contribution in [0.25, 0.3) is 0 Å². The number of hydrogen-bond acceptors (Lipinski definition) is 2. The fraction of sp³-hybridized carbons (Fsp3) is 0.800. The third-order valence-corrected chi connectivity index (χ3v) is 2.52. The van der Waals surface area contributed by atoms with Gasteiger partial charge in [-0.1, -0.05) is 0 Å². The molecule has 0 aromatic heterocycles. The Balaban J connectivity index is 3.60. The first kappa shape index (κ1) is 10.7. The summed E-state index contributed by atoms with van der Waals surface area (Å²) >= 11 is 21.1. The van der Waals surface area contributed by atoms with Crippen molar-refractivity contribution in [3.05, 3.63) is 0 Å². The van der Waals surface area contributed by atoms with Crippen LogP contribution in [0.1, 0.15) is 0 Å². The summed E-state index contributed by atoms with van der Waals surface area (Å²) in [6.07, 6.45) is 0. The van der Waals surface area contributed by atoms with Gasteiger partial charge in [-0.05, 0) is 12.2 Å². The van der Waals surface area contributed by atoms with Gasteiger partial charge in [0.1, 0.15) is 0 Å². The lowest BCUT2D eigenvalue weighted by Gasteiger charge is -2.08. The van der Waals surface area contributed by atoms with Crippen molar-refractivity contribution < 1.29 is 0 Å². The monoisotopic (exact) mass is 217 g/mol. The molecule has 0 saturated heterocycles. The number of rotatable bonds is 4. The molecule has 2 unspecified atom stereocenters. The van der Waals surface area contributed by atoms with Crippen molar-refractivity contribution in [3.8, 4) is 0 Å². The molecule has 58 valence electrons. The van der Waals surface area contributed by atoms with E-state index in [0.717, 1.165) is 0 Å². The van der Waals surface area contributed by atoms with E-state index < -0.39 is 0 Å². The topological polar surface area (TPSA) is 12.4 Å². The summed E-state index contributed by atoms with van der Waals surface area (Å²) in [5.74, 6) is 0.322. The summed E-state index contributed by atoms with van der Waals surface area (Å²) in [5.41, 5.74) is 0. The fourth-order valence-corrected chi connectivity index (χ4v) is 0.954. The number of thiocarbonyl (C=S) groups is 1. The van der Waals surface area contributed by atoms with E-state index >= 15 is 0 Å². The Bertz CT molecular complexity index is 135. The molecular weight excluding hydrogens is 212 g/mol. The van der Waals surface area contributed by atoms with Crippen LogP contribution in [0, 0.1) is 0 Å². The van der Waals surface area contributed by atoms with Crippen molar-refractivity contribution in [1.82, 2.24) is 0 Å². The van der Waals surface area contributed by atoms with Gasteiger partial charge in [0.15, 0.2) is 0 Å². The minimum atomic E-state index is -0.255. The summed E-state index contributed by atoms with van der Waals surface area (Å²) in [6, 6.07) is 0. The highest BCUT2D eigenvalue weighted by Gasteiger charge is 2.14. The first-order chi connectivity index (χ1) is 4.72. The highest BCUT2D eigenvalue weighted by Crippen LogP contribution is 2.11. The van der Waals surface area contributed by atoms with Gasteiger partial charge in [-0.25, -0.2) is 4.99 Å². The minimum Gasteiger partial charge on any atom is -0.231 e. The van der Waals surface area contributed by atoms with Crippen LogP contribution in [0.5, 0.6) is 0 Å². The fourth-order valence-electron chi connectivity index (χ4n) is 0.336. The van der Waals surface area contributed by atoms with Crippen LogP contribution >= 0.6 is 47.0 Å². The number of alkyl halides is 3. The standard InChI is InChI=1S/C5H6Cl3NS/c6-1-4(7)5(8)2-9-3-10/h4-5H,1-2H2. The van der Waals surface area contributed by atoms with Crippen LogP contribution in [0.3, 0.4) is 0 Å². The van der Waals surface area contributed by atoms with E-state index in [4.69, 9.17) is 34.8 Å². The highest BCUT2D eigenvalue weighted by atomic mass is 35.5. The zero-order chi connectivity index (χ0) is 7.98. The average molecular weight is 219 g/mol. The smallest absolute Gasteiger partial charge is 0.0714 e. The lowest BCUT2D eigenvalue weighted by molar-refractivity contribution is 0.833. The zero-order valence-corrected chi connectivity index (χ0v) is 8.14. The van der Waals surface area contributed by atoms with Crippen molar-refractivity contribution in [2.75, 3.05) is 12.4 Å². The molecule has 5 heteroatoms. The number of isothiocyanates is 1. The van der Waals surface area contributed by atoms with Gasteiger partial charge in [0.05, 0.1) is 22.5 Å². The molecule has 0 aromatic rings. The molecule has 0 spiro atoms. The molecule has 0 amide bonds. The van der Waals surface area contributed by atoms with Gasteiger partial charge >= 0.3 is 0 Å². The second-order valence-electron chi connectivity index (χ2n) is 1.62. The Morgan fingerprint density at radius 1 is 1.40 bits per heavy atom. The highest BCUT2D eigenvalue weighted by molar-refractivity contribution is 7.78. The van der Waals surface area contributed by atoms with Crippen LogP contribution in [-0.2, 0) is 0 Å². The summed E-state index contributed by atoms with van der Waals surface area (Å²) in [7, 11) is 0. The first-order valence-corrected chi connectivity index (χ1v) is 4.41. The average Bonchev–Trinajstić information content (AvgIpc) is 1.98. The van der Waals surface area contributed by atoms with E-state index in [1.165, 1.54) is 0 Å². The van der Waals surface area contributed by atoms with Gasteiger partial charge in [-0.15, -0.1) is 34.8 Å². The van der Waals surface area contributed by atoms with E-state index in [9.17, 15) is 0 Å².